The SMILES string of the molecule is Cc1noc(C=Cc2ccccc2)c1[N+](=O)[O-]. The van der Waals surface area contributed by atoms with Crippen LogP contribution in [0.4, 0.5) is 5.69 Å². The zero-order valence-corrected chi connectivity index (χ0v) is 9.16. The summed E-state index contributed by atoms with van der Waals surface area (Å²) in [4.78, 5) is 10.3. The summed E-state index contributed by atoms with van der Waals surface area (Å²) in [6.07, 6.45) is 3.29. The summed E-state index contributed by atoms with van der Waals surface area (Å²) >= 11 is 0. The molecule has 0 radical (unpaired) electrons. The van der Waals surface area contributed by atoms with Crippen LogP contribution < -0.4 is 0 Å². The van der Waals surface area contributed by atoms with Crippen molar-refractivity contribution < 1.29 is 9.45 Å². The van der Waals surface area contributed by atoms with Crippen molar-refractivity contribution in [1.82, 2.24) is 5.16 Å². The van der Waals surface area contributed by atoms with Crippen molar-refractivity contribution >= 4 is 17.8 Å². The Labute approximate surface area is 97.5 Å². The molecule has 0 N–H and O–H groups in total. The Balaban J connectivity index is 2.31. The van der Waals surface area contributed by atoms with Crippen LogP contribution in [0.2, 0.25) is 0 Å². The Morgan fingerprint density at radius 2 is 2.00 bits per heavy atom. The molecule has 0 bridgehead atoms. The Kier molecular flexibility index (Phi) is 3.00. The first-order valence-electron chi connectivity index (χ1n) is 5.02. The lowest BCUT2D eigenvalue weighted by molar-refractivity contribution is -0.386. The van der Waals surface area contributed by atoms with E-state index in [2.05, 4.69) is 5.16 Å². The highest BCUT2D eigenvalue weighted by Gasteiger charge is 2.21. The standard InChI is InChI=1S/C12H10N2O3/c1-9-12(14(15)16)11(17-13-9)8-7-10-5-3-2-4-6-10/h2-8H,1H3. The minimum absolute atomic E-state index is 0.0859. The third-order valence-corrected chi connectivity index (χ3v) is 2.27. The van der Waals surface area contributed by atoms with E-state index in [1.165, 1.54) is 0 Å². The molecule has 5 nitrogen and oxygen atoms in total. The third kappa shape index (κ3) is 2.39. The largest absolute Gasteiger partial charge is 0.349 e. The molecule has 0 aliphatic rings. The van der Waals surface area contributed by atoms with Crippen LogP contribution in [0.3, 0.4) is 0 Å². The minimum Gasteiger partial charge on any atom is -0.349 e. The number of benzene rings is 1. The fourth-order valence-electron chi connectivity index (χ4n) is 1.45. The molecule has 0 amide bonds. The second kappa shape index (κ2) is 4.61. The second-order valence-corrected chi connectivity index (χ2v) is 3.48. The van der Waals surface area contributed by atoms with E-state index in [9.17, 15) is 10.1 Å². The molecule has 2 rings (SSSR count). The van der Waals surface area contributed by atoms with Crippen molar-refractivity contribution in [2.24, 2.45) is 0 Å². The third-order valence-electron chi connectivity index (χ3n) is 2.27. The summed E-state index contributed by atoms with van der Waals surface area (Å²) < 4.78 is 4.90. The average molecular weight is 230 g/mol. The molecule has 0 atom stereocenters. The quantitative estimate of drug-likeness (QED) is 0.600. The number of hydrogen-bond donors (Lipinski definition) is 0. The van der Waals surface area contributed by atoms with Crippen LogP contribution in [0.5, 0.6) is 0 Å². The number of hydrogen-bond acceptors (Lipinski definition) is 4. The smallest absolute Gasteiger partial charge is 0.338 e. The van der Waals surface area contributed by atoms with Crippen molar-refractivity contribution in [3.63, 3.8) is 0 Å². The molecular formula is C12H10N2O3. The number of nitrogens with zero attached hydrogens (tertiary/aromatic N) is 2. The molecule has 17 heavy (non-hydrogen) atoms. The molecule has 86 valence electrons. The van der Waals surface area contributed by atoms with Gasteiger partial charge in [-0.25, -0.2) is 0 Å². The van der Waals surface area contributed by atoms with Gasteiger partial charge in [0, 0.05) is 0 Å². The summed E-state index contributed by atoms with van der Waals surface area (Å²) in [7, 11) is 0. The van der Waals surface area contributed by atoms with E-state index in [1.54, 1.807) is 19.1 Å². The van der Waals surface area contributed by atoms with Gasteiger partial charge < -0.3 is 4.52 Å². The van der Waals surface area contributed by atoms with Crippen LogP contribution in [0.25, 0.3) is 12.2 Å². The second-order valence-electron chi connectivity index (χ2n) is 3.48. The lowest BCUT2D eigenvalue weighted by Gasteiger charge is -1.90. The summed E-state index contributed by atoms with van der Waals surface area (Å²) in [5.41, 5.74) is 1.13. The van der Waals surface area contributed by atoms with Gasteiger partial charge in [0.15, 0.2) is 5.69 Å². The van der Waals surface area contributed by atoms with E-state index < -0.39 is 4.92 Å². The lowest BCUT2D eigenvalue weighted by Crippen LogP contribution is -1.90. The molecule has 5 heteroatoms. The van der Waals surface area contributed by atoms with Gasteiger partial charge in [0.25, 0.3) is 0 Å². The number of aryl methyl sites for hydroxylation is 1. The number of rotatable bonds is 3. The van der Waals surface area contributed by atoms with Crippen LogP contribution >= 0.6 is 0 Å². The van der Waals surface area contributed by atoms with Gasteiger partial charge >= 0.3 is 5.69 Å². The van der Waals surface area contributed by atoms with Crippen molar-refractivity contribution in [2.45, 2.75) is 6.92 Å². The van der Waals surface area contributed by atoms with E-state index in [0.29, 0.717) is 0 Å². The molecule has 2 aromatic rings. The highest BCUT2D eigenvalue weighted by molar-refractivity contribution is 5.71. The minimum atomic E-state index is -0.490. The zero-order chi connectivity index (χ0) is 12.3. The van der Waals surface area contributed by atoms with Crippen molar-refractivity contribution in [3.8, 4) is 0 Å². The molecule has 0 aliphatic carbocycles. The van der Waals surface area contributed by atoms with Gasteiger partial charge in [-0.1, -0.05) is 41.6 Å². The van der Waals surface area contributed by atoms with Crippen LogP contribution in [0.15, 0.2) is 34.9 Å². The molecule has 1 aromatic carbocycles. The normalized spacial score (nSPS) is 10.9. The maximum Gasteiger partial charge on any atom is 0.338 e. The van der Waals surface area contributed by atoms with Gasteiger partial charge in [0.05, 0.1) is 4.92 Å². The first-order chi connectivity index (χ1) is 8.18. The molecule has 0 fully saturated rings. The van der Waals surface area contributed by atoms with E-state index in [4.69, 9.17) is 4.52 Å². The fraction of sp³-hybridized carbons (Fsp3) is 0.0833. The van der Waals surface area contributed by atoms with Gasteiger partial charge in [0.1, 0.15) is 0 Å². The van der Waals surface area contributed by atoms with Crippen LogP contribution in [-0.2, 0) is 0 Å². The first kappa shape index (κ1) is 11.1. The van der Waals surface area contributed by atoms with Gasteiger partial charge in [-0.05, 0) is 18.6 Å². The zero-order valence-electron chi connectivity index (χ0n) is 9.16. The van der Waals surface area contributed by atoms with Gasteiger partial charge in [-0.3, -0.25) is 10.1 Å². The van der Waals surface area contributed by atoms with Crippen molar-refractivity contribution in [3.05, 3.63) is 57.5 Å². The summed E-state index contributed by atoms with van der Waals surface area (Å²) in [5, 5.41) is 14.4. The van der Waals surface area contributed by atoms with E-state index in [1.807, 2.05) is 30.3 Å². The molecule has 1 heterocycles. The number of nitro groups is 1. The maximum absolute atomic E-state index is 10.8. The summed E-state index contributed by atoms with van der Waals surface area (Å²) in [5.74, 6) is 0.163. The van der Waals surface area contributed by atoms with Crippen molar-refractivity contribution in [1.29, 1.82) is 0 Å². The predicted molar refractivity (Wildman–Crippen MR) is 63.3 cm³/mol. The summed E-state index contributed by atoms with van der Waals surface area (Å²) in [6, 6.07) is 9.47. The van der Waals surface area contributed by atoms with Gasteiger partial charge in [-0.2, -0.15) is 0 Å². The van der Waals surface area contributed by atoms with Crippen LogP contribution in [-0.4, -0.2) is 10.1 Å². The van der Waals surface area contributed by atoms with Gasteiger partial charge in [-0.15, -0.1) is 0 Å². The van der Waals surface area contributed by atoms with E-state index >= 15 is 0 Å². The highest BCUT2D eigenvalue weighted by atomic mass is 16.6. The maximum atomic E-state index is 10.8. The molecular weight excluding hydrogens is 220 g/mol. The Bertz CT molecular complexity index is 558. The van der Waals surface area contributed by atoms with E-state index in [-0.39, 0.29) is 17.1 Å². The van der Waals surface area contributed by atoms with E-state index in [0.717, 1.165) is 5.56 Å². The monoisotopic (exact) mass is 230 g/mol. The molecule has 0 aliphatic heterocycles. The first-order valence-corrected chi connectivity index (χ1v) is 5.02. The molecule has 0 unspecified atom stereocenters. The van der Waals surface area contributed by atoms with Crippen molar-refractivity contribution in [2.75, 3.05) is 0 Å². The molecule has 0 spiro atoms. The number of aromatic nitrogens is 1. The highest BCUT2D eigenvalue weighted by Crippen LogP contribution is 2.24. The van der Waals surface area contributed by atoms with Crippen LogP contribution in [0, 0.1) is 17.0 Å². The molecule has 1 aromatic heterocycles. The lowest BCUT2D eigenvalue weighted by atomic mass is 10.2. The Morgan fingerprint density at radius 3 is 2.65 bits per heavy atom. The fourth-order valence-corrected chi connectivity index (χ4v) is 1.45. The average Bonchev–Trinajstić information content (AvgIpc) is 2.69. The Hall–Kier alpha value is -2.43. The predicted octanol–water partition coefficient (Wildman–Crippen LogP) is 3.06. The van der Waals surface area contributed by atoms with Crippen LogP contribution in [0.1, 0.15) is 17.0 Å². The topological polar surface area (TPSA) is 69.2 Å². The molecule has 0 saturated carbocycles. The Morgan fingerprint density at radius 1 is 1.29 bits per heavy atom. The van der Waals surface area contributed by atoms with Gasteiger partial charge in [0.2, 0.25) is 5.76 Å². The molecule has 0 saturated heterocycles. The summed E-state index contributed by atoms with van der Waals surface area (Å²) in [6.45, 7) is 1.54.